The number of halogens is 2. The van der Waals surface area contributed by atoms with E-state index < -0.39 is 47.2 Å². The molecule has 1 unspecified atom stereocenters. The number of nitrogens with zero attached hydrogens (tertiary/aromatic N) is 1. The Morgan fingerprint density at radius 3 is 2.44 bits per heavy atom. The normalized spacial score (nSPS) is 21.8. The van der Waals surface area contributed by atoms with Crippen molar-refractivity contribution in [3.8, 4) is 0 Å². The maximum absolute atomic E-state index is 13.4. The average molecular weight is 386 g/mol. The number of aliphatic hydroxyl groups excluding tert-OH is 1. The van der Waals surface area contributed by atoms with Crippen molar-refractivity contribution in [3.63, 3.8) is 0 Å². The first-order valence-corrected chi connectivity index (χ1v) is 8.85. The van der Waals surface area contributed by atoms with Crippen LogP contribution in [0.3, 0.4) is 0 Å². The van der Waals surface area contributed by atoms with Crippen LogP contribution >= 0.6 is 0 Å². The Kier molecular flexibility index (Phi) is 6.13. The van der Waals surface area contributed by atoms with E-state index in [4.69, 9.17) is 15.2 Å². The SMILES string of the molecule is CC(C)(C)OC(=O)N1C([C@@H](O)[C@@H](N)Cc2cc(F)cc(F)c2)COC1(C)C. The summed E-state index contributed by atoms with van der Waals surface area (Å²) < 4.78 is 37.8. The van der Waals surface area contributed by atoms with Gasteiger partial charge in [0.25, 0.3) is 0 Å². The highest BCUT2D eigenvalue weighted by atomic mass is 19.1. The van der Waals surface area contributed by atoms with Crippen LogP contribution in [0.15, 0.2) is 18.2 Å². The molecule has 8 heteroatoms. The molecule has 3 N–H and O–H groups in total. The molecule has 152 valence electrons. The minimum atomic E-state index is -1.18. The Bertz CT molecular complexity index is 671. The summed E-state index contributed by atoms with van der Waals surface area (Å²) in [4.78, 5) is 14.0. The number of carbonyl (C=O) groups excluding carboxylic acids is 1. The van der Waals surface area contributed by atoms with Gasteiger partial charge in [0.1, 0.15) is 23.0 Å². The van der Waals surface area contributed by atoms with Gasteiger partial charge in [0.15, 0.2) is 0 Å². The summed E-state index contributed by atoms with van der Waals surface area (Å²) in [5.41, 5.74) is 4.70. The highest BCUT2D eigenvalue weighted by Crippen LogP contribution is 2.31. The van der Waals surface area contributed by atoms with Crippen molar-refractivity contribution in [1.82, 2.24) is 4.90 Å². The number of amides is 1. The van der Waals surface area contributed by atoms with Crippen molar-refractivity contribution in [2.45, 2.75) is 70.6 Å². The molecule has 0 aliphatic carbocycles. The second-order valence-corrected chi connectivity index (χ2v) is 8.31. The molecule has 6 nitrogen and oxygen atoms in total. The molecule has 2 rings (SSSR count). The first-order valence-electron chi connectivity index (χ1n) is 8.85. The lowest BCUT2D eigenvalue weighted by molar-refractivity contribution is -0.0687. The van der Waals surface area contributed by atoms with Crippen LogP contribution in [0.2, 0.25) is 0 Å². The van der Waals surface area contributed by atoms with Crippen molar-refractivity contribution in [3.05, 3.63) is 35.4 Å². The fourth-order valence-electron chi connectivity index (χ4n) is 3.16. The van der Waals surface area contributed by atoms with Crippen molar-refractivity contribution >= 4 is 6.09 Å². The monoisotopic (exact) mass is 386 g/mol. The van der Waals surface area contributed by atoms with E-state index in [0.717, 1.165) is 18.2 Å². The fraction of sp³-hybridized carbons (Fsp3) is 0.632. The number of hydrogen-bond donors (Lipinski definition) is 2. The number of rotatable bonds is 4. The Morgan fingerprint density at radius 1 is 1.37 bits per heavy atom. The highest BCUT2D eigenvalue weighted by molar-refractivity contribution is 5.70. The molecule has 1 saturated heterocycles. The van der Waals surface area contributed by atoms with Crippen LogP contribution in [0.4, 0.5) is 13.6 Å². The lowest BCUT2D eigenvalue weighted by Crippen LogP contribution is -2.57. The van der Waals surface area contributed by atoms with Gasteiger partial charge in [-0.2, -0.15) is 0 Å². The third-order valence-corrected chi connectivity index (χ3v) is 4.34. The molecule has 0 spiro atoms. The largest absolute Gasteiger partial charge is 0.444 e. The van der Waals surface area contributed by atoms with Crippen LogP contribution in [0.5, 0.6) is 0 Å². The van der Waals surface area contributed by atoms with Crippen LogP contribution in [-0.4, -0.2) is 52.2 Å². The first-order chi connectivity index (χ1) is 12.3. The molecule has 0 saturated carbocycles. The van der Waals surface area contributed by atoms with E-state index in [1.165, 1.54) is 4.90 Å². The van der Waals surface area contributed by atoms with Crippen molar-refractivity contribution in [1.29, 1.82) is 0 Å². The van der Waals surface area contributed by atoms with Gasteiger partial charge in [0.2, 0.25) is 0 Å². The molecule has 1 fully saturated rings. The van der Waals surface area contributed by atoms with Crippen molar-refractivity contribution < 1.29 is 28.2 Å². The number of ether oxygens (including phenoxy) is 2. The van der Waals surface area contributed by atoms with E-state index in [-0.39, 0.29) is 13.0 Å². The predicted molar refractivity (Wildman–Crippen MR) is 95.9 cm³/mol. The number of aliphatic hydroxyl groups is 1. The number of hydrogen-bond acceptors (Lipinski definition) is 5. The molecular weight excluding hydrogens is 358 g/mol. The second-order valence-electron chi connectivity index (χ2n) is 8.31. The Hall–Kier alpha value is -1.77. The summed E-state index contributed by atoms with van der Waals surface area (Å²) in [6.07, 6.45) is -1.77. The fourth-order valence-corrected chi connectivity index (χ4v) is 3.16. The smallest absolute Gasteiger partial charge is 0.412 e. The summed E-state index contributed by atoms with van der Waals surface area (Å²) >= 11 is 0. The molecule has 1 aliphatic rings. The van der Waals surface area contributed by atoms with Gasteiger partial charge in [-0.15, -0.1) is 0 Å². The van der Waals surface area contributed by atoms with Crippen molar-refractivity contribution in [2.75, 3.05) is 6.61 Å². The van der Waals surface area contributed by atoms with Gasteiger partial charge in [0, 0.05) is 12.1 Å². The maximum atomic E-state index is 13.4. The quantitative estimate of drug-likeness (QED) is 0.831. The summed E-state index contributed by atoms with van der Waals surface area (Å²) in [5.74, 6) is -1.43. The summed E-state index contributed by atoms with van der Waals surface area (Å²) in [7, 11) is 0. The zero-order valence-corrected chi connectivity index (χ0v) is 16.3. The average Bonchev–Trinajstić information content (AvgIpc) is 2.78. The van der Waals surface area contributed by atoms with Crippen LogP contribution in [0.1, 0.15) is 40.2 Å². The lowest BCUT2D eigenvalue weighted by Gasteiger charge is -2.37. The molecule has 1 heterocycles. The zero-order valence-electron chi connectivity index (χ0n) is 16.3. The van der Waals surface area contributed by atoms with Crippen LogP contribution in [-0.2, 0) is 15.9 Å². The number of benzene rings is 1. The molecular formula is C19H28F2N2O4. The van der Waals surface area contributed by atoms with Gasteiger partial charge in [-0.1, -0.05) is 0 Å². The second kappa shape index (κ2) is 7.69. The predicted octanol–water partition coefficient (Wildman–Crippen LogP) is 2.57. The topological polar surface area (TPSA) is 85.0 Å². The standard InChI is InChI=1S/C19H28F2N2O4/c1-18(2,3)27-17(25)23-15(10-26-19(23,4)5)16(24)14(22)8-11-6-12(20)9-13(21)7-11/h6-7,9,14-16,24H,8,10,22H2,1-5H3/t14-,15?,16-/m0/s1. The molecule has 1 aliphatic heterocycles. The zero-order chi connectivity index (χ0) is 20.6. The highest BCUT2D eigenvalue weighted by Gasteiger charge is 2.49. The first kappa shape index (κ1) is 21.5. The van der Waals surface area contributed by atoms with Crippen LogP contribution in [0, 0.1) is 11.6 Å². The summed E-state index contributed by atoms with van der Waals surface area (Å²) in [6.45, 7) is 8.67. The minimum absolute atomic E-state index is 0.0366. The lowest BCUT2D eigenvalue weighted by atomic mass is 9.96. The maximum Gasteiger partial charge on any atom is 0.412 e. The number of nitrogens with two attached hydrogens (primary N) is 1. The van der Waals surface area contributed by atoms with E-state index >= 15 is 0 Å². The van der Waals surface area contributed by atoms with E-state index in [0.29, 0.717) is 5.56 Å². The molecule has 27 heavy (non-hydrogen) atoms. The summed E-state index contributed by atoms with van der Waals surface area (Å²) in [5, 5.41) is 10.7. The Balaban J connectivity index is 2.16. The van der Waals surface area contributed by atoms with Crippen molar-refractivity contribution in [2.24, 2.45) is 5.73 Å². The number of carbonyl (C=O) groups is 1. The molecule has 1 amide bonds. The van der Waals surface area contributed by atoms with Gasteiger partial charge in [-0.3, -0.25) is 4.90 Å². The molecule has 0 aromatic heterocycles. The van der Waals surface area contributed by atoms with E-state index in [2.05, 4.69) is 0 Å². The van der Waals surface area contributed by atoms with E-state index in [9.17, 15) is 18.7 Å². The van der Waals surface area contributed by atoms with Gasteiger partial charge >= 0.3 is 6.09 Å². The molecule has 0 radical (unpaired) electrons. The molecule has 1 aromatic rings. The molecule has 1 aromatic carbocycles. The van der Waals surface area contributed by atoms with E-state index in [1.54, 1.807) is 34.6 Å². The molecule has 0 bridgehead atoms. The van der Waals surface area contributed by atoms with Gasteiger partial charge < -0.3 is 20.3 Å². The third kappa shape index (κ3) is 5.37. The third-order valence-electron chi connectivity index (χ3n) is 4.34. The molecule has 3 atom stereocenters. The van der Waals surface area contributed by atoms with Gasteiger partial charge in [-0.05, 0) is 58.7 Å². The van der Waals surface area contributed by atoms with E-state index in [1.807, 2.05) is 0 Å². The van der Waals surface area contributed by atoms with Gasteiger partial charge in [-0.25, -0.2) is 13.6 Å². The van der Waals surface area contributed by atoms with Gasteiger partial charge in [0.05, 0.1) is 18.8 Å². The van der Waals surface area contributed by atoms with Crippen LogP contribution in [0.25, 0.3) is 0 Å². The Labute approximate surface area is 158 Å². The minimum Gasteiger partial charge on any atom is -0.444 e. The van der Waals surface area contributed by atoms with Crippen LogP contribution < -0.4 is 5.73 Å². The Morgan fingerprint density at radius 2 is 1.93 bits per heavy atom. The summed E-state index contributed by atoms with van der Waals surface area (Å²) in [6, 6.07) is 1.48.